The summed E-state index contributed by atoms with van der Waals surface area (Å²) in [7, 11) is 4.79. The predicted molar refractivity (Wildman–Crippen MR) is 92.4 cm³/mol. The van der Waals surface area contributed by atoms with Crippen molar-refractivity contribution in [2.24, 2.45) is 4.99 Å². The Kier molecular flexibility index (Phi) is 6.68. The molecule has 0 heterocycles. The van der Waals surface area contributed by atoms with E-state index in [1.54, 1.807) is 33.4 Å². The number of ether oxygens (including phenoxy) is 2. The number of carbonyl (C=O) groups is 1. The number of methoxy groups -OCH3 is 2. The molecule has 0 radical (unpaired) electrons. The zero-order valence-electron chi connectivity index (χ0n) is 14.6. The van der Waals surface area contributed by atoms with Gasteiger partial charge >= 0.3 is 0 Å². The van der Waals surface area contributed by atoms with Gasteiger partial charge in [-0.3, -0.25) is 9.79 Å². The van der Waals surface area contributed by atoms with Crippen LogP contribution in [-0.2, 0) is 4.79 Å². The highest BCUT2D eigenvalue weighted by Gasteiger charge is 2.14. The summed E-state index contributed by atoms with van der Waals surface area (Å²) in [5, 5.41) is 8.93. The molecule has 1 rings (SSSR count). The predicted octanol–water partition coefficient (Wildman–Crippen LogP) is 1.61. The van der Waals surface area contributed by atoms with Gasteiger partial charge in [0.05, 0.1) is 20.8 Å². The first kappa shape index (κ1) is 18.6. The van der Waals surface area contributed by atoms with Gasteiger partial charge < -0.3 is 25.4 Å². The van der Waals surface area contributed by atoms with Gasteiger partial charge in [0.15, 0.2) is 17.5 Å². The van der Waals surface area contributed by atoms with Crippen LogP contribution in [0.2, 0.25) is 0 Å². The summed E-state index contributed by atoms with van der Waals surface area (Å²) in [6.45, 7) is 5.93. The highest BCUT2D eigenvalue weighted by molar-refractivity contribution is 5.96. The SMILES string of the molecule is CN=C(NCC(=O)NC(C)(C)C)Nc1ccc(OC)c(OC)c1. The number of guanidine groups is 1. The third-order valence-electron chi connectivity index (χ3n) is 2.80. The lowest BCUT2D eigenvalue weighted by Gasteiger charge is -2.21. The highest BCUT2D eigenvalue weighted by Crippen LogP contribution is 2.29. The number of carbonyl (C=O) groups excluding carboxylic acids is 1. The van der Waals surface area contributed by atoms with Gasteiger partial charge in [0.25, 0.3) is 0 Å². The molecule has 1 aromatic rings. The summed E-state index contributed by atoms with van der Waals surface area (Å²) in [5.74, 6) is 1.64. The van der Waals surface area contributed by atoms with Crippen LogP contribution in [0, 0.1) is 0 Å². The Balaban J connectivity index is 2.65. The first-order chi connectivity index (χ1) is 10.8. The molecule has 1 aromatic carbocycles. The van der Waals surface area contributed by atoms with E-state index in [1.807, 2.05) is 26.8 Å². The fourth-order valence-corrected chi connectivity index (χ4v) is 1.86. The Bertz CT molecular complexity index is 565. The first-order valence-electron chi connectivity index (χ1n) is 7.29. The maximum atomic E-state index is 11.8. The third-order valence-corrected chi connectivity index (χ3v) is 2.80. The number of rotatable bonds is 5. The first-order valence-corrected chi connectivity index (χ1v) is 7.29. The summed E-state index contributed by atoms with van der Waals surface area (Å²) in [4.78, 5) is 15.9. The minimum Gasteiger partial charge on any atom is -0.493 e. The molecule has 0 saturated heterocycles. The van der Waals surface area contributed by atoms with Gasteiger partial charge in [-0.05, 0) is 32.9 Å². The molecule has 23 heavy (non-hydrogen) atoms. The summed E-state index contributed by atoms with van der Waals surface area (Å²) >= 11 is 0. The molecule has 0 unspecified atom stereocenters. The minimum atomic E-state index is -0.265. The maximum absolute atomic E-state index is 11.8. The molecular formula is C16H26N4O3. The fraction of sp³-hybridized carbons (Fsp3) is 0.500. The number of nitrogens with one attached hydrogen (secondary N) is 3. The minimum absolute atomic E-state index is 0.104. The van der Waals surface area contributed by atoms with E-state index < -0.39 is 0 Å². The monoisotopic (exact) mass is 322 g/mol. The van der Waals surface area contributed by atoms with Gasteiger partial charge in [0.2, 0.25) is 5.91 Å². The van der Waals surface area contributed by atoms with Gasteiger partial charge in [-0.1, -0.05) is 0 Å². The molecule has 0 aliphatic heterocycles. The molecule has 3 N–H and O–H groups in total. The van der Waals surface area contributed by atoms with Crippen molar-refractivity contribution in [2.45, 2.75) is 26.3 Å². The van der Waals surface area contributed by atoms with Crippen molar-refractivity contribution < 1.29 is 14.3 Å². The number of hydrogen-bond acceptors (Lipinski definition) is 4. The van der Waals surface area contributed by atoms with E-state index in [9.17, 15) is 4.79 Å². The zero-order valence-corrected chi connectivity index (χ0v) is 14.6. The standard InChI is InChI=1S/C16H26N4O3/c1-16(2,3)20-14(21)10-18-15(17-4)19-11-7-8-12(22-5)13(9-11)23-6/h7-9H,10H2,1-6H3,(H,20,21)(H2,17,18,19). The van der Waals surface area contributed by atoms with E-state index in [0.29, 0.717) is 17.5 Å². The van der Waals surface area contributed by atoms with Crippen LogP contribution < -0.4 is 25.4 Å². The normalized spacial score (nSPS) is 11.7. The van der Waals surface area contributed by atoms with E-state index in [4.69, 9.17) is 9.47 Å². The molecule has 0 fully saturated rings. The van der Waals surface area contributed by atoms with Crippen molar-refractivity contribution in [1.29, 1.82) is 0 Å². The summed E-state index contributed by atoms with van der Waals surface area (Å²) in [6.07, 6.45) is 0. The van der Waals surface area contributed by atoms with Gasteiger partial charge in [-0.25, -0.2) is 0 Å². The van der Waals surface area contributed by atoms with Crippen molar-refractivity contribution >= 4 is 17.6 Å². The highest BCUT2D eigenvalue weighted by atomic mass is 16.5. The van der Waals surface area contributed by atoms with Crippen molar-refractivity contribution in [3.05, 3.63) is 18.2 Å². The van der Waals surface area contributed by atoms with Crippen LogP contribution in [0.5, 0.6) is 11.5 Å². The van der Waals surface area contributed by atoms with Crippen LogP contribution in [0.4, 0.5) is 5.69 Å². The number of anilines is 1. The Hall–Kier alpha value is -2.44. The van der Waals surface area contributed by atoms with Gasteiger partial charge in [0, 0.05) is 24.3 Å². The largest absolute Gasteiger partial charge is 0.493 e. The fourth-order valence-electron chi connectivity index (χ4n) is 1.86. The van der Waals surface area contributed by atoms with E-state index >= 15 is 0 Å². The zero-order chi connectivity index (χ0) is 17.5. The molecule has 0 saturated carbocycles. The number of benzene rings is 1. The molecule has 0 atom stereocenters. The van der Waals surface area contributed by atoms with Crippen LogP contribution in [0.25, 0.3) is 0 Å². The Morgan fingerprint density at radius 2 is 1.83 bits per heavy atom. The summed E-state index contributed by atoms with van der Waals surface area (Å²) in [6, 6.07) is 5.42. The molecule has 0 bridgehead atoms. The topological polar surface area (TPSA) is 84.0 Å². The van der Waals surface area contributed by atoms with Crippen molar-refractivity contribution in [3.8, 4) is 11.5 Å². The van der Waals surface area contributed by atoms with E-state index in [1.165, 1.54) is 0 Å². The van der Waals surface area contributed by atoms with Crippen molar-refractivity contribution in [3.63, 3.8) is 0 Å². The van der Waals surface area contributed by atoms with Crippen molar-refractivity contribution in [2.75, 3.05) is 33.1 Å². The van der Waals surface area contributed by atoms with Gasteiger partial charge in [-0.2, -0.15) is 0 Å². The van der Waals surface area contributed by atoms with Crippen molar-refractivity contribution in [1.82, 2.24) is 10.6 Å². The van der Waals surface area contributed by atoms with Crippen LogP contribution in [0.3, 0.4) is 0 Å². The Labute approximate surface area is 137 Å². The Morgan fingerprint density at radius 1 is 1.17 bits per heavy atom. The molecule has 0 aliphatic carbocycles. The average Bonchev–Trinajstić information content (AvgIpc) is 2.49. The maximum Gasteiger partial charge on any atom is 0.239 e. The summed E-state index contributed by atoms with van der Waals surface area (Å²) < 4.78 is 10.5. The average molecular weight is 322 g/mol. The Morgan fingerprint density at radius 3 is 2.35 bits per heavy atom. The number of amides is 1. The van der Waals surface area contributed by atoms with E-state index in [2.05, 4.69) is 20.9 Å². The van der Waals surface area contributed by atoms with Gasteiger partial charge in [0.1, 0.15) is 0 Å². The lowest BCUT2D eigenvalue weighted by molar-refractivity contribution is -0.121. The van der Waals surface area contributed by atoms with Crippen LogP contribution in [0.15, 0.2) is 23.2 Å². The quantitative estimate of drug-likeness (QED) is 0.566. The molecule has 7 heteroatoms. The molecule has 7 nitrogen and oxygen atoms in total. The number of nitrogens with zero attached hydrogens (tertiary/aromatic N) is 1. The van der Waals surface area contributed by atoms with Crippen LogP contribution in [0.1, 0.15) is 20.8 Å². The van der Waals surface area contributed by atoms with Crippen LogP contribution in [-0.4, -0.2) is 45.2 Å². The van der Waals surface area contributed by atoms with E-state index in [-0.39, 0.29) is 18.0 Å². The second-order valence-electron chi connectivity index (χ2n) is 5.92. The number of aliphatic imine (C=N–C) groups is 1. The van der Waals surface area contributed by atoms with Crippen LogP contribution >= 0.6 is 0 Å². The third kappa shape index (κ3) is 6.46. The molecule has 0 spiro atoms. The second kappa shape index (κ2) is 8.26. The second-order valence-corrected chi connectivity index (χ2v) is 5.92. The number of hydrogen-bond donors (Lipinski definition) is 3. The molecule has 1 amide bonds. The van der Waals surface area contributed by atoms with E-state index in [0.717, 1.165) is 5.69 Å². The molecular weight excluding hydrogens is 296 g/mol. The van der Waals surface area contributed by atoms with Gasteiger partial charge in [-0.15, -0.1) is 0 Å². The lowest BCUT2D eigenvalue weighted by Crippen LogP contribution is -2.46. The molecule has 0 aliphatic rings. The smallest absolute Gasteiger partial charge is 0.239 e. The lowest BCUT2D eigenvalue weighted by atomic mass is 10.1. The molecule has 128 valence electrons. The molecule has 0 aromatic heterocycles. The summed E-state index contributed by atoms with van der Waals surface area (Å²) in [5.41, 5.74) is 0.506.